The zero-order valence-electron chi connectivity index (χ0n) is 10.8. The van der Waals surface area contributed by atoms with Crippen molar-refractivity contribution in [2.75, 3.05) is 0 Å². The molecule has 0 saturated carbocycles. The lowest BCUT2D eigenvalue weighted by molar-refractivity contribution is -0.383. The van der Waals surface area contributed by atoms with Crippen molar-refractivity contribution in [3.63, 3.8) is 0 Å². The number of halogens is 1. The fraction of sp³-hybridized carbons (Fsp3) is 0.462. The van der Waals surface area contributed by atoms with Crippen LogP contribution in [0.5, 0.6) is 0 Å². The van der Waals surface area contributed by atoms with Gasteiger partial charge in [-0.25, -0.2) is 4.98 Å². The third kappa shape index (κ3) is 3.22. The molecule has 0 aliphatic heterocycles. The average Bonchev–Trinajstić information content (AvgIpc) is 2.74. The summed E-state index contributed by atoms with van der Waals surface area (Å²) in [5, 5.41) is 11.2. The van der Waals surface area contributed by atoms with Crippen LogP contribution in [0.15, 0.2) is 17.6 Å². The molecule has 0 saturated heterocycles. The van der Waals surface area contributed by atoms with Gasteiger partial charge in [0.05, 0.1) is 15.1 Å². The van der Waals surface area contributed by atoms with Crippen molar-refractivity contribution in [2.45, 2.75) is 32.1 Å². The number of hydrogen-bond acceptors (Lipinski definition) is 4. The molecule has 0 N–H and O–H groups in total. The Morgan fingerprint density at radius 3 is 2.84 bits per heavy atom. The molecule has 2 rings (SSSR count). The van der Waals surface area contributed by atoms with Gasteiger partial charge in [-0.3, -0.25) is 10.1 Å². The number of hydrogen-bond donors (Lipinski definition) is 0. The maximum absolute atomic E-state index is 11.3. The third-order valence-corrected chi connectivity index (χ3v) is 4.04. The second-order valence-electron chi connectivity index (χ2n) is 4.96. The van der Waals surface area contributed by atoms with Crippen molar-refractivity contribution in [3.8, 4) is 0 Å². The summed E-state index contributed by atoms with van der Waals surface area (Å²) in [4.78, 5) is 15.0. The second kappa shape index (κ2) is 5.84. The first-order valence-electron chi connectivity index (χ1n) is 6.12. The normalized spacial score (nSPS) is 13.1. The minimum atomic E-state index is -0.351. The van der Waals surface area contributed by atoms with Gasteiger partial charge in [-0.05, 0) is 24.8 Å². The molecular formula is C13H15ClN2O2S. The van der Waals surface area contributed by atoms with Crippen LogP contribution >= 0.6 is 22.9 Å². The van der Waals surface area contributed by atoms with Crippen LogP contribution in [0, 0.1) is 16.0 Å². The molecule has 19 heavy (non-hydrogen) atoms. The Hall–Kier alpha value is -1.20. The molecule has 0 amide bonds. The lowest BCUT2D eigenvalue weighted by Gasteiger charge is -2.12. The molecule has 1 atom stereocenters. The smallest absolute Gasteiger partial charge is 0.258 e. The van der Waals surface area contributed by atoms with E-state index in [-0.39, 0.29) is 16.0 Å². The Morgan fingerprint density at radius 1 is 1.47 bits per heavy atom. The Labute approximate surface area is 120 Å². The van der Waals surface area contributed by atoms with Crippen molar-refractivity contribution in [1.29, 1.82) is 0 Å². The number of thiazole rings is 1. The highest BCUT2D eigenvalue weighted by Gasteiger charge is 2.22. The van der Waals surface area contributed by atoms with Crippen LogP contribution < -0.4 is 0 Å². The van der Waals surface area contributed by atoms with E-state index >= 15 is 0 Å². The topological polar surface area (TPSA) is 56.0 Å². The monoisotopic (exact) mass is 298 g/mol. The molecule has 0 fully saturated rings. The summed E-state index contributed by atoms with van der Waals surface area (Å²) in [6, 6.07) is 3.68. The van der Waals surface area contributed by atoms with Gasteiger partial charge in [0.25, 0.3) is 5.69 Å². The zero-order chi connectivity index (χ0) is 14.0. The van der Waals surface area contributed by atoms with Crippen molar-refractivity contribution in [1.82, 2.24) is 4.98 Å². The van der Waals surface area contributed by atoms with Gasteiger partial charge in [-0.1, -0.05) is 19.9 Å². The first-order chi connectivity index (χ1) is 8.99. The molecule has 1 aromatic carbocycles. The largest absolute Gasteiger partial charge is 0.299 e. The summed E-state index contributed by atoms with van der Waals surface area (Å²) in [7, 11) is 0. The van der Waals surface area contributed by atoms with Gasteiger partial charge >= 0.3 is 0 Å². The van der Waals surface area contributed by atoms with E-state index in [0.29, 0.717) is 23.4 Å². The van der Waals surface area contributed by atoms with Gasteiger partial charge in [0.1, 0.15) is 0 Å². The molecule has 1 aromatic heterocycles. The number of nitro groups is 1. The Bertz CT molecular complexity index is 597. The Kier molecular flexibility index (Phi) is 4.37. The molecule has 2 aromatic rings. The van der Waals surface area contributed by atoms with E-state index in [1.54, 1.807) is 11.6 Å². The number of benzene rings is 1. The summed E-state index contributed by atoms with van der Waals surface area (Å²) in [5.41, 5.74) is 2.88. The lowest BCUT2D eigenvalue weighted by Crippen LogP contribution is -2.09. The highest BCUT2D eigenvalue weighted by atomic mass is 35.5. The van der Waals surface area contributed by atoms with Crippen molar-refractivity contribution in [2.24, 2.45) is 5.92 Å². The number of nitro benzene ring substituents is 1. The second-order valence-corrected chi connectivity index (χ2v) is 6.46. The van der Waals surface area contributed by atoms with Crippen LogP contribution in [-0.4, -0.2) is 15.3 Å². The van der Waals surface area contributed by atoms with Crippen LogP contribution in [0.1, 0.15) is 25.8 Å². The number of fused-ring (bicyclic) bond motifs is 1. The van der Waals surface area contributed by atoms with Gasteiger partial charge in [-0.15, -0.1) is 22.9 Å². The quantitative estimate of drug-likeness (QED) is 0.467. The van der Waals surface area contributed by atoms with Gasteiger partial charge in [0.15, 0.2) is 5.52 Å². The van der Waals surface area contributed by atoms with Gasteiger partial charge < -0.3 is 0 Å². The van der Waals surface area contributed by atoms with Gasteiger partial charge in [0, 0.05) is 10.9 Å². The SMILES string of the molecule is CC(C)CC(Cl)Cc1ccc2scnc2c1[N+](=O)[O-]. The molecule has 0 radical (unpaired) electrons. The van der Waals surface area contributed by atoms with Crippen LogP contribution in [-0.2, 0) is 6.42 Å². The summed E-state index contributed by atoms with van der Waals surface area (Å²) >= 11 is 7.68. The molecule has 0 aliphatic carbocycles. The molecule has 6 heteroatoms. The van der Waals surface area contributed by atoms with Crippen LogP contribution in [0.2, 0.25) is 0 Å². The molecule has 0 bridgehead atoms. The van der Waals surface area contributed by atoms with E-state index in [4.69, 9.17) is 11.6 Å². The first-order valence-corrected chi connectivity index (χ1v) is 7.44. The number of aromatic nitrogens is 1. The van der Waals surface area contributed by atoms with E-state index in [1.807, 2.05) is 6.07 Å². The van der Waals surface area contributed by atoms with Crippen LogP contribution in [0.25, 0.3) is 10.2 Å². The number of alkyl halides is 1. The minimum Gasteiger partial charge on any atom is -0.258 e. The summed E-state index contributed by atoms with van der Waals surface area (Å²) in [6.45, 7) is 4.18. The van der Waals surface area contributed by atoms with E-state index < -0.39 is 0 Å². The highest BCUT2D eigenvalue weighted by Crippen LogP contribution is 2.32. The summed E-state index contributed by atoms with van der Waals surface area (Å²) in [5.74, 6) is 0.476. The molecule has 1 heterocycles. The van der Waals surface area contributed by atoms with Crippen molar-refractivity contribution >= 4 is 38.8 Å². The average molecular weight is 299 g/mol. The number of nitrogens with zero attached hydrogens (tertiary/aromatic N) is 2. The Balaban J connectivity index is 2.36. The maximum atomic E-state index is 11.3. The molecule has 0 spiro atoms. The zero-order valence-corrected chi connectivity index (χ0v) is 12.4. The van der Waals surface area contributed by atoms with Crippen LogP contribution in [0.3, 0.4) is 0 Å². The maximum Gasteiger partial charge on any atom is 0.299 e. The van der Waals surface area contributed by atoms with Crippen molar-refractivity contribution < 1.29 is 4.92 Å². The Morgan fingerprint density at radius 2 is 2.21 bits per heavy atom. The summed E-state index contributed by atoms with van der Waals surface area (Å²) in [6.07, 6.45) is 1.34. The third-order valence-electron chi connectivity index (χ3n) is 2.91. The van der Waals surface area contributed by atoms with E-state index in [1.165, 1.54) is 11.3 Å². The fourth-order valence-corrected chi connectivity index (χ4v) is 3.36. The minimum absolute atomic E-state index is 0.0882. The summed E-state index contributed by atoms with van der Waals surface area (Å²) < 4.78 is 0.838. The van der Waals surface area contributed by atoms with E-state index in [2.05, 4.69) is 18.8 Å². The van der Waals surface area contributed by atoms with E-state index in [9.17, 15) is 10.1 Å². The van der Waals surface area contributed by atoms with E-state index in [0.717, 1.165) is 11.1 Å². The molecule has 102 valence electrons. The fourth-order valence-electron chi connectivity index (χ4n) is 2.16. The molecule has 4 nitrogen and oxygen atoms in total. The number of rotatable bonds is 5. The van der Waals surface area contributed by atoms with Crippen LogP contribution in [0.4, 0.5) is 5.69 Å². The first kappa shape index (κ1) is 14.2. The molecule has 0 aliphatic rings. The van der Waals surface area contributed by atoms with Gasteiger partial charge in [-0.2, -0.15) is 0 Å². The van der Waals surface area contributed by atoms with Gasteiger partial charge in [0.2, 0.25) is 0 Å². The van der Waals surface area contributed by atoms with Crippen molar-refractivity contribution in [3.05, 3.63) is 33.3 Å². The predicted molar refractivity (Wildman–Crippen MR) is 79.1 cm³/mol. The predicted octanol–water partition coefficient (Wildman–Crippen LogP) is 4.40. The highest BCUT2D eigenvalue weighted by molar-refractivity contribution is 7.16. The molecular weight excluding hydrogens is 284 g/mol. The molecule has 1 unspecified atom stereocenters. The lowest BCUT2D eigenvalue weighted by atomic mass is 10.0. The standard InChI is InChI=1S/C13H15ClN2O2S/c1-8(2)5-10(14)6-9-3-4-11-12(15-7-19-11)13(9)16(17)18/h3-4,7-8,10H,5-6H2,1-2H3.